The van der Waals surface area contributed by atoms with Crippen LogP contribution in [0.3, 0.4) is 0 Å². The quantitative estimate of drug-likeness (QED) is 0.126. The number of halogens is 1. The summed E-state index contributed by atoms with van der Waals surface area (Å²) in [5, 5.41) is 0. The van der Waals surface area contributed by atoms with Gasteiger partial charge >= 0.3 is 11.9 Å². The number of carbonyl (C=O) groups excluding carboxylic acids is 2. The molecule has 0 rings (SSSR count). The van der Waals surface area contributed by atoms with Gasteiger partial charge < -0.3 is 9.47 Å². The normalized spacial score (nSPS) is 11.0. The van der Waals surface area contributed by atoms with Crippen molar-refractivity contribution in [2.24, 2.45) is 0 Å². The molecule has 152 valence electrons. The molecule has 0 N–H and O–H groups in total. The Labute approximate surface area is 164 Å². The first-order valence-corrected chi connectivity index (χ1v) is 10.8. The number of hydrogen-bond donors (Lipinski definition) is 0. The van der Waals surface area contributed by atoms with Gasteiger partial charge in [0.2, 0.25) is 0 Å². The Hall–Kier alpha value is -1.03. The van der Waals surface area contributed by atoms with Crippen LogP contribution in [0.2, 0.25) is 0 Å². The van der Waals surface area contributed by atoms with Gasteiger partial charge in [-0.15, -0.1) is 11.6 Å². The summed E-state index contributed by atoms with van der Waals surface area (Å²) in [4.78, 5) is 23.0. The molecule has 0 radical (unpaired) electrons. The van der Waals surface area contributed by atoms with Crippen molar-refractivity contribution in [3.05, 3.63) is 12.2 Å². The van der Waals surface area contributed by atoms with Gasteiger partial charge in [0.05, 0.1) is 13.2 Å². The molecular formula is C21H37ClO4. The molecule has 0 aliphatic carbocycles. The summed E-state index contributed by atoms with van der Waals surface area (Å²) in [6.07, 6.45) is 17.0. The average molecular weight is 389 g/mol. The van der Waals surface area contributed by atoms with Crippen molar-refractivity contribution in [2.75, 3.05) is 19.1 Å². The minimum absolute atomic E-state index is 0.405. The lowest BCUT2D eigenvalue weighted by Gasteiger charge is -2.03. The highest BCUT2D eigenvalue weighted by atomic mass is 35.5. The van der Waals surface area contributed by atoms with Gasteiger partial charge in [0.15, 0.2) is 0 Å². The summed E-state index contributed by atoms with van der Waals surface area (Å²) in [5.41, 5.74) is 0. The third-order valence-corrected chi connectivity index (χ3v) is 4.39. The van der Waals surface area contributed by atoms with Crippen LogP contribution in [0.4, 0.5) is 0 Å². The first-order valence-electron chi connectivity index (χ1n) is 10.3. The van der Waals surface area contributed by atoms with E-state index in [0.29, 0.717) is 13.2 Å². The van der Waals surface area contributed by atoms with E-state index >= 15 is 0 Å². The number of rotatable bonds is 18. The van der Waals surface area contributed by atoms with Crippen LogP contribution in [0.1, 0.15) is 90.4 Å². The van der Waals surface area contributed by atoms with Gasteiger partial charge in [-0.05, 0) is 19.3 Å². The highest BCUT2D eigenvalue weighted by molar-refractivity contribution is 6.17. The molecule has 0 aromatic heterocycles. The van der Waals surface area contributed by atoms with E-state index in [9.17, 15) is 9.59 Å². The number of unbranched alkanes of at least 4 members (excludes halogenated alkanes) is 11. The molecule has 0 aliphatic rings. The maximum absolute atomic E-state index is 11.5. The Morgan fingerprint density at radius 3 is 1.46 bits per heavy atom. The summed E-state index contributed by atoms with van der Waals surface area (Å²) >= 11 is 5.64. The van der Waals surface area contributed by atoms with Crippen molar-refractivity contribution in [1.29, 1.82) is 0 Å². The lowest BCUT2D eigenvalue weighted by molar-refractivity contribution is -0.140. The van der Waals surface area contributed by atoms with Crippen molar-refractivity contribution in [3.63, 3.8) is 0 Å². The second-order valence-electron chi connectivity index (χ2n) is 6.60. The maximum atomic E-state index is 11.5. The standard InChI is InChI=1S/C21H37ClO4/c1-2-3-4-10-13-18-25-20(23)15-16-21(24)26-19-14-11-8-6-5-7-9-12-17-22/h15-16H,2-14,17-19H2,1H3/b16-15+. The van der Waals surface area contributed by atoms with Gasteiger partial charge in [0, 0.05) is 18.0 Å². The lowest BCUT2D eigenvalue weighted by atomic mass is 10.1. The van der Waals surface area contributed by atoms with Crippen LogP contribution in [0.25, 0.3) is 0 Å². The second-order valence-corrected chi connectivity index (χ2v) is 6.98. The molecule has 0 unspecified atom stereocenters. The van der Waals surface area contributed by atoms with E-state index in [1.54, 1.807) is 0 Å². The van der Waals surface area contributed by atoms with E-state index in [4.69, 9.17) is 21.1 Å². The fourth-order valence-corrected chi connectivity index (χ4v) is 2.73. The molecule has 0 spiro atoms. The Bertz CT molecular complexity index is 369. The second kappa shape index (κ2) is 20.3. The molecule has 4 nitrogen and oxygen atoms in total. The van der Waals surface area contributed by atoms with Gasteiger partial charge in [0.1, 0.15) is 0 Å². The molecule has 0 aliphatic heterocycles. The van der Waals surface area contributed by atoms with Crippen molar-refractivity contribution in [2.45, 2.75) is 90.4 Å². The molecular weight excluding hydrogens is 352 g/mol. The number of alkyl halides is 1. The number of carbonyl (C=O) groups is 2. The maximum Gasteiger partial charge on any atom is 0.331 e. The topological polar surface area (TPSA) is 52.6 Å². The van der Waals surface area contributed by atoms with E-state index in [1.165, 1.54) is 51.4 Å². The number of ether oxygens (including phenoxy) is 2. The first kappa shape index (κ1) is 25.0. The van der Waals surface area contributed by atoms with E-state index in [0.717, 1.165) is 50.1 Å². The van der Waals surface area contributed by atoms with Crippen LogP contribution in [0, 0.1) is 0 Å². The smallest absolute Gasteiger partial charge is 0.331 e. The Morgan fingerprint density at radius 2 is 1.04 bits per heavy atom. The highest BCUT2D eigenvalue weighted by Gasteiger charge is 2.01. The SMILES string of the molecule is CCCCCCCOC(=O)/C=C/C(=O)OCCCCCCCCCCCl. The van der Waals surface area contributed by atoms with Gasteiger partial charge in [-0.1, -0.05) is 71.1 Å². The molecule has 0 aromatic carbocycles. The zero-order valence-corrected chi connectivity index (χ0v) is 17.2. The van der Waals surface area contributed by atoms with Crippen LogP contribution in [-0.4, -0.2) is 31.0 Å². The lowest BCUT2D eigenvalue weighted by Crippen LogP contribution is -2.06. The monoisotopic (exact) mass is 388 g/mol. The molecule has 5 heteroatoms. The molecule has 0 heterocycles. The molecule has 0 aromatic rings. The van der Waals surface area contributed by atoms with Gasteiger partial charge in [-0.2, -0.15) is 0 Å². The third-order valence-electron chi connectivity index (χ3n) is 4.12. The first-order chi connectivity index (χ1) is 12.7. The summed E-state index contributed by atoms with van der Waals surface area (Å²) < 4.78 is 10.1. The van der Waals surface area contributed by atoms with Crippen LogP contribution >= 0.6 is 11.6 Å². The van der Waals surface area contributed by atoms with Gasteiger partial charge in [-0.3, -0.25) is 0 Å². The molecule has 0 atom stereocenters. The van der Waals surface area contributed by atoms with E-state index in [-0.39, 0.29) is 0 Å². The van der Waals surface area contributed by atoms with Crippen LogP contribution in [-0.2, 0) is 19.1 Å². The fraction of sp³-hybridized carbons (Fsp3) is 0.810. The minimum atomic E-state index is -0.481. The predicted octanol–water partition coefficient (Wildman–Crippen LogP) is 5.96. The molecule has 0 bridgehead atoms. The molecule has 0 amide bonds. The number of esters is 2. The summed E-state index contributed by atoms with van der Waals surface area (Å²) in [7, 11) is 0. The fourth-order valence-electron chi connectivity index (χ4n) is 2.54. The van der Waals surface area contributed by atoms with Gasteiger partial charge in [0.25, 0.3) is 0 Å². The highest BCUT2D eigenvalue weighted by Crippen LogP contribution is 2.09. The largest absolute Gasteiger partial charge is 0.463 e. The zero-order chi connectivity index (χ0) is 19.3. The van der Waals surface area contributed by atoms with E-state index in [2.05, 4.69) is 6.92 Å². The number of hydrogen-bond acceptors (Lipinski definition) is 4. The Balaban J connectivity index is 3.43. The minimum Gasteiger partial charge on any atom is -0.463 e. The van der Waals surface area contributed by atoms with Crippen LogP contribution in [0.5, 0.6) is 0 Å². The Kier molecular flexibility index (Phi) is 19.5. The average Bonchev–Trinajstić information content (AvgIpc) is 2.64. The van der Waals surface area contributed by atoms with Crippen LogP contribution < -0.4 is 0 Å². The van der Waals surface area contributed by atoms with E-state index in [1.807, 2.05) is 0 Å². The molecule has 0 saturated heterocycles. The van der Waals surface area contributed by atoms with Crippen molar-refractivity contribution in [3.8, 4) is 0 Å². The van der Waals surface area contributed by atoms with E-state index < -0.39 is 11.9 Å². The van der Waals surface area contributed by atoms with Crippen LogP contribution in [0.15, 0.2) is 12.2 Å². The molecule has 0 saturated carbocycles. The predicted molar refractivity (Wildman–Crippen MR) is 107 cm³/mol. The zero-order valence-electron chi connectivity index (χ0n) is 16.5. The van der Waals surface area contributed by atoms with Gasteiger partial charge in [-0.25, -0.2) is 9.59 Å². The molecule has 0 fully saturated rings. The van der Waals surface area contributed by atoms with Crippen molar-refractivity contribution in [1.82, 2.24) is 0 Å². The Morgan fingerprint density at radius 1 is 0.654 bits per heavy atom. The summed E-state index contributed by atoms with van der Waals surface area (Å²) in [6.45, 7) is 2.98. The van der Waals surface area contributed by atoms with Crippen molar-refractivity contribution < 1.29 is 19.1 Å². The summed E-state index contributed by atoms with van der Waals surface area (Å²) in [5.74, 6) is -0.200. The summed E-state index contributed by atoms with van der Waals surface area (Å²) in [6, 6.07) is 0. The molecule has 26 heavy (non-hydrogen) atoms. The third kappa shape index (κ3) is 19.3. The van der Waals surface area contributed by atoms with Crippen molar-refractivity contribution >= 4 is 23.5 Å².